The van der Waals surface area contributed by atoms with Crippen LogP contribution in [0.2, 0.25) is 0 Å². The minimum absolute atomic E-state index is 0.279. The highest BCUT2D eigenvalue weighted by Gasteiger charge is 2.05. The van der Waals surface area contributed by atoms with Crippen molar-refractivity contribution >= 4 is 15.9 Å². The SMILES string of the molecule is CCCCn1ncc(Br)c1F. The van der Waals surface area contributed by atoms with Crippen molar-refractivity contribution in [2.75, 3.05) is 0 Å². The molecule has 1 aromatic rings. The molecule has 0 fully saturated rings. The van der Waals surface area contributed by atoms with Gasteiger partial charge in [-0.25, -0.2) is 4.68 Å². The lowest BCUT2D eigenvalue weighted by Crippen LogP contribution is -2.02. The monoisotopic (exact) mass is 220 g/mol. The Morgan fingerprint density at radius 1 is 1.73 bits per heavy atom. The molecule has 62 valence electrons. The van der Waals surface area contributed by atoms with Gasteiger partial charge in [-0.15, -0.1) is 0 Å². The Bertz CT molecular complexity index is 234. The fraction of sp³-hybridized carbons (Fsp3) is 0.571. The number of hydrogen-bond donors (Lipinski definition) is 0. The molecule has 1 aromatic heterocycles. The van der Waals surface area contributed by atoms with Gasteiger partial charge in [-0.1, -0.05) is 13.3 Å². The van der Waals surface area contributed by atoms with Gasteiger partial charge in [-0.3, -0.25) is 0 Å². The van der Waals surface area contributed by atoms with Crippen molar-refractivity contribution in [3.63, 3.8) is 0 Å². The summed E-state index contributed by atoms with van der Waals surface area (Å²) in [4.78, 5) is 0. The van der Waals surface area contributed by atoms with Crippen molar-refractivity contribution in [3.8, 4) is 0 Å². The van der Waals surface area contributed by atoms with E-state index in [1.165, 1.54) is 10.9 Å². The fourth-order valence-electron chi connectivity index (χ4n) is 0.811. The van der Waals surface area contributed by atoms with E-state index in [0.717, 1.165) is 12.8 Å². The van der Waals surface area contributed by atoms with E-state index < -0.39 is 0 Å². The molecule has 0 radical (unpaired) electrons. The maximum absolute atomic E-state index is 12.9. The standard InChI is InChI=1S/C7H10BrFN2/c1-2-3-4-11-7(9)6(8)5-10-11/h5H,2-4H2,1H3. The molecule has 0 unspecified atom stereocenters. The van der Waals surface area contributed by atoms with Gasteiger partial charge in [0.1, 0.15) is 0 Å². The molecule has 1 heterocycles. The van der Waals surface area contributed by atoms with Crippen LogP contribution in [0.1, 0.15) is 19.8 Å². The van der Waals surface area contributed by atoms with E-state index in [9.17, 15) is 4.39 Å². The topological polar surface area (TPSA) is 17.8 Å². The first-order chi connectivity index (χ1) is 5.25. The van der Waals surface area contributed by atoms with Gasteiger partial charge in [-0.2, -0.15) is 9.49 Å². The van der Waals surface area contributed by atoms with Gasteiger partial charge < -0.3 is 0 Å². The first-order valence-corrected chi connectivity index (χ1v) is 4.41. The summed E-state index contributed by atoms with van der Waals surface area (Å²) in [7, 11) is 0. The van der Waals surface area contributed by atoms with Gasteiger partial charge in [0.2, 0.25) is 5.95 Å². The second-order valence-corrected chi connectivity index (χ2v) is 3.21. The van der Waals surface area contributed by atoms with Crippen LogP contribution in [-0.4, -0.2) is 9.78 Å². The molecule has 4 heteroatoms. The number of halogens is 2. The molecule has 0 aromatic carbocycles. The Kier molecular flexibility index (Phi) is 3.05. The maximum Gasteiger partial charge on any atom is 0.225 e. The minimum atomic E-state index is -0.279. The molecule has 2 nitrogen and oxygen atoms in total. The normalized spacial score (nSPS) is 10.5. The second kappa shape index (κ2) is 3.85. The molecule has 0 aliphatic carbocycles. The lowest BCUT2D eigenvalue weighted by Gasteiger charge is -1.98. The van der Waals surface area contributed by atoms with Crippen molar-refractivity contribution in [1.82, 2.24) is 9.78 Å². The number of aryl methyl sites for hydroxylation is 1. The Labute approximate surface area is 73.5 Å². The molecule has 0 amide bonds. The maximum atomic E-state index is 12.9. The van der Waals surface area contributed by atoms with Crippen molar-refractivity contribution < 1.29 is 4.39 Å². The van der Waals surface area contributed by atoms with Crippen LogP contribution in [0.4, 0.5) is 4.39 Å². The van der Waals surface area contributed by atoms with Crippen molar-refractivity contribution in [2.45, 2.75) is 26.3 Å². The summed E-state index contributed by atoms with van der Waals surface area (Å²) in [6.07, 6.45) is 3.49. The fourth-order valence-corrected chi connectivity index (χ4v) is 1.11. The third-order valence-electron chi connectivity index (χ3n) is 1.46. The molecular weight excluding hydrogens is 211 g/mol. The van der Waals surface area contributed by atoms with Crippen molar-refractivity contribution in [2.24, 2.45) is 0 Å². The van der Waals surface area contributed by atoms with E-state index >= 15 is 0 Å². The zero-order valence-corrected chi connectivity index (χ0v) is 7.94. The summed E-state index contributed by atoms with van der Waals surface area (Å²) in [6.45, 7) is 2.73. The predicted molar refractivity (Wildman–Crippen MR) is 44.8 cm³/mol. The molecule has 0 spiro atoms. The highest BCUT2D eigenvalue weighted by molar-refractivity contribution is 9.10. The lowest BCUT2D eigenvalue weighted by molar-refractivity contribution is 0.441. The summed E-state index contributed by atoms with van der Waals surface area (Å²) in [5.41, 5.74) is 0. The van der Waals surface area contributed by atoms with Gasteiger partial charge in [0.15, 0.2) is 0 Å². The van der Waals surface area contributed by atoms with Crippen LogP contribution >= 0.6 is 15.9 Å². The smallest absolute Gasteiger partial charge is 0.225 e. The van der Waals surface area contributed by atoms with Gasteiger partial charge >= 0.3 is 0 Å². The molecule has 0 atom stereocenters. The summed E-state index contributed by atoms with van der Waals surface area (Å²) in [6, 6.07) is 0. The Balaban J connectivity index is 2.63. The molecule has 0 aliphatic rings. The largest absolute Gasteiger partial charge is 0.239 e. The van der Waals surface area contributed by atoms with E-state index in [1.807, 2.05) is 0 Å². The number of rotatable bonds is 3. The minimum Gasteiger partial charge on any atom is -0.239 e. The average molecular weight is 221 g/mol. The zero-order valence-electron chi connectivity index (χ0n) is 6.35. The molecule has 0 saturated carbocycles. The molecular formula is C7H10BrFN2. The highest BCUT2D eigenvalue weighted by Crippen LogP contribution is 2.13. The quantitative estimate of drug-likeness (QED) is 0.766. The van der Waals surface area contributed by atoms with E-state index in [1.54, 1.807) is 0 Å². The van der Waals surface area contributed by atoms with Crippen LogP contribution in [0.25, 0.3) is 0 Å². The first kappa shape index (κ1) is 8.71. The number of nitrogens with zero attached hydrogens (tertiary/aromatic N) is 2. The zero-order chi connectivity index (χ0) is 8.27. The van der Waals surface area contributed by atoms with Crippen LogP contribution in [0.5, 0.6) is 0 Å². The highest BCUT2D eigenvalue weighted by atomic mass is 79.9. The third-order valence-corrected chi connectivity index (χ3v) is 1.99. The summed E-state index contributed by atoms with van der Waals surface area (Å²) in [5.74, 6) is -0.279. The van der Waals surface area contributed by atoms with Crippen molar-refractivity contribution in [1.29, 1.82) is 0 Å². The summed E-state index contributed by atoms with van der Waals surface area (Å²) < 4.78 is 14.7. The van der Waals surface area contributed by atoms with Gasteiger partial charge in [-0.05, 0) is 22.4 Å². The van der Waals surface area contributed by atoms with Gasteiger partial charge in [0.25, 0.3) is 0 Å². The van der Waals surface area contributed by atoms with E-state index in [4.69, 9.17) is 0 Å². The second-order valence-electron chi connectivity index (χ2n) is 2.36. The lowest BCUT2D eigenvalue weighted by atomic mass is 10.3. The molecule has 0 saturated heterocycles. The van der Waals surface area contributed by atoms with Crippen LogP contribution in [0.3, 0.4) is 0 Å². The number of unbranched alkanes of at least 4 members (excludes halogenated alkanes) is 1. The first-order valence-electron chi connectivity index (χ1n) is 3.62. The molecule has 0 N–H and O–H groups in total. The third kappa shape index (κ3) is 2.02. The van der Waals surface area contributed by atoms with E-state index in [2.05, 4.69) is 28.0 Å². The summed E-state index contributed by atoms with van der Waals surface area (Å²) in [5, 5.41) is 3.85. The van der Waals surface area contributed by atoms with Gasteiger partial charge in [0.05, 0.1) is 10.7 Å². The van der Waals surface area contributed by atoms with Crippen LogP contribution in [-0.2, 0) is 6.54 Å². The Morgan fingerprint density at radius 2 is 2.45 bits per heavy atom. The van der Waals surface area contributed by atoms with Crippen LogP contribution in [0.15, 0.2) is 10.7 Å². The van der Waals surface area contributed by atoms with Crippen LogP contribution in [0, 0.1) is 5.95 Å². The van der Waals surface area contributed by atoms with Gasteiger partial charge in [0, 0.05) is 6.54 Å². The predicted octanol–water partition coefficient (Wildman–Crippen LogP) is 2.58. The Morgan fingerprint density at radius 3 is 2.91 bits per heavy atom. The Hall–Kier alpha value is -0.380. The van der Waals surface area contributed by atoms with E-state index in [-0.39, 0.29) is 5.95 Å². The number of hydrogen-bond acceptors (Lipinski definition) is 1. The molecule has 11 heavy (non-hydrogen) atoms. The molecule has 0 bridgehead atoms. The van der Waals surface area contributed by atoms with Crippen molar-refractivity contribution in [3.05, 3.63) is 16.6 Å². The number of aromatic nitrogens is 2. The van der Waals surface area contributed by atoms with E-state index in [0.29, 0.717) is 11.0 Å². The summed E-state index contributed by atoms with van der Waals surface area (Å²) >= 11 is 3.05. The molecule has 0 aliphatic heterocycles. The average Bonchev–Trinajstić information content (AvgIpc) is 2.31. The van der Waals surface area contributed by atoms with Crippen LogP contribution < -0.4 is 0 Å². The molecule has 1 rings (SSSR count).